The van der Waals surface area contributed by atoms with Crippen LogP contribution >= 0.6 is 0 Å². The van der Waals surface area contributed by atoms with Gasteiger partial charge < -0.3 is 24.3 Å². The molecule has 0 fully saturated rings. The molecule has 0 saturated carbocycles. The molecule has 0 spiro atoms. The second-order valence-electron chi connectivity index (χ2n) is 7.83. The van der Waals surface area contributed by atoms with E-state index in [2.05, 4.69) is 30.5 Å². The molecule has 0 bridgehead atoms. The summed E-state index contributed by atoms with van der Waals surface area (Å²) < 4.78 is 23.2. The number of Topliss-reactive ketones (excluding diaryl/α,β-unsaturated/α-hetero) is 1. The molecule has 9 nitrogen and oxygen atoms in total. The SMILES string of the molecule is CCc1cnn(C(C)c2ccc(C(=O)NCCOCCOCCOCCOCC(C)=O)cc2)c1. The number of amides is 1. The Kier molecular flexibility index (Phi) is 13.1. The van der Waals surface area contributed by atoms with E-state index in [1.165, 1.54) is 12.5 Å². The van der Waals surface area contributed by atoms with Crippen LogP contribution in [0.15, 0.2) is 36.7 Å². The second kappa shape index (κ2) is 16.1. The van der Waals surface area contributed by atoms with Crippen LogP contribution in [0.2, 0.25) is 0 Å². The van der Waals surface area contributed by atoms with Gasteiger partial charge in [-0.1, -0.05) is 19.1 Å². The summed E-state index contributed by atoms with van der Waals surface area (Å²) in [5.74, 6) is -0.130. The number of benzene rings is 1. The van der Waals surface area contributed by atoms with Gasteiger partial charge in [-0.3, -0.25) is 14.3 Å². The zero-order valence-electron chi connectivity index (χ0n) is 20.5. The van der Waals surface area contributed by atoms with Gasteiger partial charge in [0.1, 0.15) is 6.61 Å². The van der Waals surface area contributed by atoms with E-state index in [-0.39, 0.29) is 24.3 Å². The van der Waals surface area contributed by atoms with Gasteiger partial charge in [0.15, 0.2) is 5.78 Å². The van der Waals surface area contributed by atoms with Crippen LogP contribution in [0.25, 0.3) is 0 Å². The molecule has 1 heterocycles. The summed E-state index contributed by atoms with van der Waals surface area (Å²) in [6.45, 7) is 9.26. The number of hydrogen-bond donors (Lipinski definition) is 1. The maximum Gasteiger partial charge on any atom is 0.251 e. The van der Waals surface area contributed by atoms with Gasteiger partial charge in [-0.15, -0.1) is 0 Å². The molecule has 0 aliphatic rings. The highest BCUT2D eigenvalue weighted by Crippen LogP contribution is 2.18. The molecule has 1 aromatic carbocycles. The summed E-state index contributed by atoms with van der Waals surface area (Å²) in [6.07, 6.45) is 4.90. The van der Waals surface area contributed by atoms with Gasteiger partial charge in [0.2, 0.25) is 0 Å². The average molecular weight is 476 g/mol. The lowest BCUT2D eigenvalue weighted by Gasteiger charge is -2.13. The number of rotatable bonds is 18. The van der Waals surface area contributed by atoms with E-state index in [9.17, 15) is 9.59 Å². The molecular formula is C25H37N3O6. The monoisotopic (exact) mass is 475 g/mol. The van der Waals surface area contributed by atoms with Crippen molar-refractivity contribution in [1.29, 1.82) is 0 Å². The first-order valence-corrected chi connectivity index (χ1v) is 11.7. The van der Waals surface area contributed by atoms with E-state index in [1.54, 1.807) is 0 Å². The van der Waals surface area contributed by atoms with E-state index >= 15 is 0 Å². The Balaban J connectivity index is 1.50. The quantitative estimate of drug-likeness (QED) is 0.331. The largest absolute Gasteiger partial charge is 0.377 e. The van der Waals surface area contributed by atoms with Crippen molar-refractivity contribution in [1.82, 2.24) is 15.1 Å². The number of aromatic nitrogens is 2. The third-order valence-corrected chi connectivity index (χ3v) is 5.07. The van der Waals surface area contributed by atoms with Gasteiger partial charge in [0.05, 0.1) is 58.5 Å². The van der Waals surface area contributed by atoms with Crippen LogP contribution in [-0.2, 0) is 30.2 Å². The molecule has 188 valence electrons. The Labute approximate surface area is 201 Å². The number of ketones is 1. The van der Waals surface area contributed by atoms with E-state index in [0.717, 1.165) is 12.0 Å². The maximum atomic E-state index is 12.3. The van der Waals surface area contributed by atoms with Crippen LogP contribution < -0.4 is 5.32 Å². The first kappa shape index (κ1) is 27.7. The van der Waals surface area contributed by atoms with E-state index in [1.807, 2.05) is 35.1 Å². The molecule has 34 heavy (non-hydrogen) atoms. The molecule has 1 aromatic heterocycles. The molecular weight excluding hydrogens is 438 g/mol. The van der Waals surface area contributed by atoms with Crippen molar-refractivity contribution in [3.05, 3.63) is 53.3 Å². The minimum Gasteiger partial charge on any atom is -0.377 e. The van der Waals surface area contributed by atoms with Crippen LogP contribution in [0, 0.1) is 0 Å². The molecule has 0 radical (unpaired) electrons. The molecule has 0 aliphatic carbocycles. The molecule has 1 amide bonds. The first-order valence-electron chi connectivity index (χ1n) is 11.7. The molecule has 2 aromatic rings. The zero-order chi connectivity index (χ0) is 24.6. The predicted octanol–water partition coefficient (Wildman–Crippen LogP) is 2.44. The topological polar surface area (TPSA) is 101 Å². The molecule has 2 rings (SSSR count). The normalized spacial score (nSPS) is 12.0. The van der Waals surface area contributed by atoms with Crippen molar-refractivity contribution in [2.24, 2.45) is 0 Å². The Hall–Kier alpha value is -2.59. The smallest absolute Gasteiger partial charge is 0.251 e. The van der Waals surface area contributed by atoms with Crippen molar-refractivity contribution in [3.8, 4) is 0 Å². The average Bonchev–Trinajstić information content (AvgIpc) is 3.33. The molecule has 1 N–H and O–H groups in total. The Morgan fingerprint density at radius 2 is 1.53 bits per heavy atom. The number of carbonyl (C=O) groups is 2. The maximum absolute atomic E-state index is 12.3. The number of hydrogen-bond acceptors (Lipinski definition) is 7. The van der Waals surface area contributed by atoms with Crippen molar-refractivity contribution < 1.29 is 28.5 Å². The van der Waals surface area contributed by atoms with Gasteiger partial charge >= 0.3 is 0 Å². The Bertz CT molecular complexity index is 853. The van der Waals surface area contributed by atoms with E-state index < -0.39 is 0 Å². The standard InChI is InChI=1S/C25H37N3O6/c1-4-22-17-27-28(18-22)21(3)23-5-7-24(8-6-23)25(30)26-9-10-31-11-12-32-13-14-33-15-16-34-19-20(2)29/h5-8,17-18,21H,4,9-16,19H2,1-3H3,(H,26,30). The predicted molar refractivity (Wildman–Crippen MR) is 128 cm³/mol. The van der Waals surface area contributed by atoms with Crippen LogP contribution in [0.4, 0.5) is 0 Å². The fourth-order valence-electron chi connectivity index (χ4n) is 3.05. The molecule has 0 aliphatic heterocycles. The fourth-order valence-corrected chi connectivity index (χ4v) is 3.05. The molecule has 1 atom stereocenters. The van der Waals surface area contributed by atoms with Crippen LogP contribution in [0.1, 0.15) is 48.3 Å². The Morgan fingerprint density at radius 1 is 0.941 bits per heavy atom. The summed E-state index contributed by atoms with van der Waals surface area (Å²) >= 11 is 0. The van der Waals surface area contributed by atoms with Gasteiger partial charge in [-0.25, -0.2) is 0 Å². The van der Waals surface area contributed by atoms with E-state index in [4.69, 9.17) is 18.9 Å². The van der Waals surface area contributed by atoms with E-state index in [0.29, 0.717) is 58.4 Å². The van der Waals surface area contributed by atoms with Gasteiger partial charge in [-0.05, 0) is 43.5 Å². The molecule has 0 saturated heterocycles. The van der Waals surface area contributed by atoms with Gasteiger partial charge in [-0.2, -0.15) is 5.10 Å². The van der Waals surface area contributed by atoms with Gasteiger partial charge in [0, 0.05) is 18.3 Å². The third-order valence-electron chi connectivity index (χ3n) is 5.07. The van der Waals surface area contributed by atoms with Crippen LogP contribution in [0.3, 0.4) is 0 Å². The van der Waals surface area contributed by atoms with Crippen molar-refractivity contribution in [2.45, 2.75) is 33.2 Å². The molecule has 9 heteroatoms. The number of nitrogens with one attached hydrogen (secondary N) is 1. The highest BCUT2D eigenvalue weighted by Gasteiger charge is 2.11. The number of aryl methyl sites for hydroxylation is 1. The third kappa shape index (κ3) is 10.6. The summed E-state index contributed by atoms with van der Waals surface area (Å²) in [5.41, 5.74) is 2.91. The van der Waals surface area contributed by atoms with Crippen molar-refractivity contribution >= 4 is 11.7 Å². The summed E-state index contributed by atoms with van der Waals surface area (Å²) in [6, 6.07) is 7.69. The lowest BCUT2D eigenvalue weighted by molar-refractivity contribution is -0.122. The van der Waals surface area contributed by atoms with Crippen LogP contribution in [-0.4, -0.2) is 80.9 Å². The van der Waals surface area contributed by atoms with Crippen LogP contribution in [0.5, 0.6) is 0 Å². The number of nitrogens with zero attached hydrogens (tertiary/aromatic N) is 2. The summed E-state index contributed by atoms with van der Waals surface area (Å²) in [7, 11) is 0. The highest BCUT2D eigenvalue weighted by atomic mass is 16.6. The zero-order valence-corrected chi connectivity index (χ0v) is 20.5. The lowest BCUT2D eigenvalue weighted by atomic mass is 10.1. The summed E-state index contributed by atoms with van der Waals surface area (Å²) in [5, 5.41) is 7.28. The number of ether oxygens (including phenoxy) is 4. The first-order chi connectivity index (χ1) is 16.5. The minimum atomic E-state index is -0.129. The number of carbonyl (C=O) groups excluding carboxylic acids is 2. The van der Waals surface area contributed by atoms with Crippen molar-refractivity contribution in [2.75, 3.05) is 59.4 Å². The van der Waals surface area contributed by atoms with Gasteiger partial charge in [0.25, 0.3) is 5.91 Å². The fraction of sp³-hybridized carbons (Fsp3) is 0.560. The molecule has 1 unspecified atom stereocenters. The second-order valence-corrected chi connectivity index (χ2v) is 7.83. The lowest BCUT2D eigenvalue weighted by Crippen LogP contribution is -2.27. The summed E-state index contributed by atoms with van der Waals surface area (Å²) in [4.78, 5) is 23.0. The highest BCUT2D eigenvalue weighted by molar-refractivity contribution is 5.94. The Morgan fingerprint density at radius 3 is 2.09 bits per heavy atom. The van der Waals surface area contributed by atoms with Crippen molar-refractivity contribution in [3.63, 3.8) is 0 Å². The minimum absolute atomic E-state index is 0.000998.